The Morgan fingerprint density at radius 1 is 1.05 bits per heavy atom. The Kier molecular flexibility index (Phi) is 4.22. The molecule has 1 atom stereocenters. The third-order valence-corrected chi connectivity index (χ3v) is 5.31. The number of benzene rings is 1. The minimum Gasteiger partial charge on any atom is -0.313 e. The smallest absolute Gasteiger partial charge is 0.0323 e. The Morgan fingerprint density at radius 3 is 2.42 bits per heavy atom. The maximum absolute atomic E-state index is 3.59. The molecule has 2 aliphatic carbocycles. The zero-order chi connectivity index (χ0) is 13.1. The molecule has 2 fully saturated rings. The molecule has 2 saturated carbocycles. The molecule has 0 aromatic heterocycles. The average molecular weight is 257 g/mol. The van der Waals surface area contributed by atoms with Gasteiger partial charge in [0.2, 0.25) is 0 Å². The third kappa shape index (κ3) is 2.86. The largest absolute Gasteiger partial charge is 0.313 e. The van der Waals surface area contributed by atoms with Gasteiger partial charge in [-0.15, -0.1) is 0 Å². The maximum atomic E-state index is 3.59. The molecule has 19 heavy (non-hydrogen) atoms. The van der Waals surface area contributed by atoms with Crippen LogP contribution in [-0.4, -0.2) is 7.05 Å². The van der Waals surface area contributed by atoms with Crippen molar-refractivity contribution < 1.29 is 0 Å². The van der Waals surface area contributed by atoms with Gasteiger partial charge in [0, 0.05) is 6.04 Å². The van der Waals surface area contributed by atoms with Crippen LogP contribution in [0.15, 0.2) is 24.3 Å². The van der Waals surface area contributed by atoms with Crippen LogP contribution in [0.1, 0.15) is 74.5 Å². The second kappa shape index (κ2) is 6.09. The minimum atomic E-state index is 0.569. The fraction of sp³-hybridized carbons (Fsp3) is 0.667. The van der Waals surface area contributed by atoms with Crippen LogP contribution in [0.2, 0.25) is 0 Å². The lowest BCUT2D eigenvalue weighted by Gasteiger charge is -2.31. The standard InChI is InChI=1S/C18H27N/c1-19-18(13-14-7-2-3-8-14)17-12-5-4-11-16(17)15-9-6-10-15/h4-5,11-12,14-15,18-19H,2-3,6-10,13H2,1H3. The van der Waals surface area contributed by atoms with Gasteiger partial charge in [0.25, 0.3) is 0 Å². The first kappa shape index (κ1) is 13.2. The normalized spacial score (nSPS) is 22.4. The van der Waals surface area contributed by atoms with E-state index in [4.69, 9.17) is 0 Å². The van der Waals surface area contributed by atoms with Gasteiger partial charge in [-0.2, -0.15) is 0 Å². The van der Waals surface area contributed by atoms with E-state index in [-0.39, 0.29) is 0 Å². The van der Waals surface area contributed by atoms with Crippen LogP contribution in [0.4, 0.5) is 0 Å². The zero-order valence-electron chi connectivity index (χ0n) is 12.2. The fourth-order valence-corrected chi connectivity index (χ4v) is 3.90. The van der Waals surface area contributed by atoms with Gasteiger partial charge in [0.1, 0.15) is 0 Å². The summed E-state index contributed by atoms with van der Waals surface area (Å²) in [7, 11) is 2.14. The van der Waals surface area contributed by atoms with Crippen LogP contribution in [-0.2, 0) is 0 Å². The first-order valence-corrected chi connectivity index (χ1v) is 8.14. The molecule has 104 valence electrons. The van der Waals surface area contributed by atoms with Crippen molar-refractivity contribution in [2.24, 2.45) is 5.92 Å². The summed E-state index contributed by atoms with van der Waals surface area (Å²) in [6, 6.07) is 9.75. The molecule has 0 spiro atoms. The summed E-state index contributed by atoms with van der Waals surface area (Å²) in [5.74, 6) is 1.79. The highest BCUT2D eigenvalue weighted by atomic mass is 14.9. The molecule has 0 bridgehead atoms. The lowest BCUT2D eigenvalue weighted by molar-refractivity contribution is 0.390. The van der Waals surface area contributed by atoms with E-state index in [0.29, 0.717) is 6.04 Å². The van der Waals surface area contributed by atoms with E-state index in [0.717, 1.165) is 11.8 Å². The summed E-state index contributed by atoms with van der Waals surface area (Å²) >= 11 is 0. The molecule has 1 N–H and O–H groups in total. The lowest BCUT2D eigenvalue weighted by Crippen LogP contribution is -2.22. The number of hydrogen-bond donors (Lipinski definition) is 1. The fourth-order valence-electron chi connectivity index (χ4n) is 3.90. The lowest BCUT2D eigenvalue weighted by atomic mass is 9.76. The Morgan fingerprint density at radius 2 is 1.79 bits per heavy atom. The van der Waals surface area contributed by atoms with Crippen molar-refractivity contribution >= 4 is 0 Å². The second-order valence-corrected chi connectivity index (χ2v) is 6.48. The number of rotatable bonds is 5. The van der Waals surface area contributed by atoms with Gasteiger partial charge in [-0.1, -0.05) is 56.4 Å². The van der Waals surface area contributed by atoms with Crippen molar-refractivity contribution in [3.63, 3.8) is 0 Å². The average Bonchev–Trinajstić information content (AvgIpc) is 2.88. The minimum absolute atomic E-state index is 0.569. The molecule has 1 aromatic carbocycles. The summed E-state index contributed by atoms with van der Waals surface area (Å²) < 4.78 is 0. The molecule has 0 amide bonds. The summed E-state index contributed by atoms with van der Waals surface area (Å²) in [5, 5.41) is 3.59. The maximum Gasteiger partial charge on any atom is 0.0323 e. The molecule has 1 aromatic rings. The summed E-state index contributed by atoms with van der Waals surface area (Å²) in [5.41, 5.74) is 3.22. The van der Waals surface area contributed by atoms with E-state index in [1.165, 1.54) is 51.4 Å². The molecular weight excluding hydrogens is 230 g/mol. The molecule has 2 aliphatic rings. The predicted molar refractivity (Wildman–Crippen MR) is 81.4 cm³/mol. The van der Waals surface area contributed by atoms with Gasteiger partial charge in [-0.05, 0) is 49.3 Å². The van der Waals surface area contributed by atoms with E-state index >= 15 is 0 Å². The van der Waals surface area contributed by atoms with Crippen molar-refractivity contribution in [1.29, 1.82) is 0 Å². The molecule has 0 aliphatic heterocycles. The van der Waals surface area contributed by atoms with Gasteiger partial charge in [-0.3, -0.25) is 0 Å². The van der Waals surface area contributed by atoms with Crippen LogP contribution in [0.25, 0.3) is 0 Å². The van der Waals surface area contributed by atoms with Gasteiger partial charge in [0.15, 0.2) is 0 Å². The monoisotopic (exact) mass is 257 g/mol. The molecule has 1 heteroatoms. The Labute approximate surface area is 117 Å². The van der Waals surface area contributed by atoms with E-state index < -0.39 is 0 Å². The third-order valence-electron chi connectivity index (χ3n) is 5.31. The Bertz CT molecular complexity index is 402. The van der Waals surface area contributed by atoms with Crippen LogP contribution < -0.4 is 5.32 Å². The second-order valence-electron chi connectivity index (χ2n) is 6.48. The summed E-state index contributed by atoms with van der Waals surface area (Å²) in [6.07, 6.45) is 11.4. The number of nitrogens with one attached hydrogen (secondary N) is 1. The van der Waals surface area contributed by atoms with Gasteiger partial charge in [0.05, 0.1) is 0 Å². The molecule has 3 rings (SSSR count). The quantitative estimate of drug-likeness (QED) is 0.799. The highest BCUT2D eigenvalue weighted by Crippen LogP contribution is 2.41. The Hall–Kier alpha value is -0.820. The van der Waals surface area contributed by atoms with E-state index in [9.17, 15) is 0 Å². The molecular formula is C18H27N. The Balaban J connectivity index is 1.77. The van der Waals surface area contributed by atoms with Crippen LogP contribution in [0, 0.1) is 5.92 Å². The van der Waals surface area contributed by atoms with Gasteiger partial charge >= 0.3 is 0 Å². The van der Waals surface area contributed by atoms with E-state index in [2.05, 4.69) is 36.6 Å². The number of hydrogen-bond acceptors (Lipinski definition) is 1. The van der Waals surface area contributed by atoms with Gasteiger partial charge in [-0.25, -0.2) is 0 Å². The van der Waals surface area contributed by atoms with Crippen LogP contribution in [0.5, 0.6) is 0 Å². The van der Waals surface area contributed by atoms with Crippen LogP contribution >= 0.6 is 0 Å². The zero-order valence-corrected chi connectivity index (χ0v) is 12.2. The van der Waals surface area contributed by atoms with E-state index in [1.54, 1.807) is 11.1 Å². The molecule has 0 saturated heterocycles. The highest BCUT2D eigenvalue weighted by molar-refractivity contribution is 5.34. The van der Waals surface area contributed by atoms with Crippen molar-refractivity contribution in [3.8, 4) is 0 Å². The molecule has 0 radical (unpaired) electrons. The van der Waals surface area contributed by atoms with Crippen molar-refractivity contribution in [3.05, 3.63) is 35.4 Å². The van der Waals surface area contributed by atoms with Crippen LogP contribution in [0.3, 0.4) is 0 Å². The summed E-state index contributed by atoms with van der Waals surface area (Å²) in [6.45, 7) is 0. The predicted octanol–water partition coefficient (Wildman–Crippen LogP) is 4.79. The summed E-state index contributed by atoms with van der Waals surface area (Å²) in [4.78, 5) is 0. The molecule has 1 nitrogen and oxygen atoms in total. The van der Waals surface area contributed by atoms with E-state index in [1.807, 2.05) is 0 Å². The molecule has 0 heterocycles. The highest BCUT2D eigenvalue weighted by Gasteiger charge is 2.26. The van der Waals surface area contributed by atoms with Crippen molar-refractivity contribution in [1.82, 2.24) is 5.32 Å². The van der Waals surface area contributed by atoms with Crippen molar-refractivity contribution in [2.45, 2.75) is 63.3 Å². The first-order valence-electron chi connectivity index (χ1n) is 8.14. The topological polar surface area (TPSA) is 12.0 Å². The first-order chi connectivity index (χ1) is 9.38. The van der Waals surface area contributed by atoms with Gasteiger partial charge < -0.3 is 5.32 Å². The van der Waals surface area contributed by atoms with Crippen molar-refractivity contribution in [2.75, 3.05) is 7.05 Å². The molecule has 1 unspecified atom stereocenters. The SMILES string of the molecule is CNC(CC1CCCC1)c1ccccc1C1CCC1.